The van der Waals surface area contributed by atoms with Crippen molar-refractivity contribution >= 4 is 11.8 Å². The number of rotatable bonds is 6. The Morgan fingerprint density at radius 3 is 2.53 bits per heavy atom. The number of carbonyl (C=O) groups excluding carboxylic acids is 2. The maximum absolute atomic E-state index is 13.4. The van der Waals surface area contributed by atoms with Gasteiger partial charge in [-0.2, -0.15) is 0 Å². The molecule has 5 nitrogen and oxygen atoms in total. The molecule has 2 amide bonds. The number of likely N-dealkylation sites (tertiary alicyclic amines) is 1. The minimum absolute atomic E-state index is 0.125. The topological polar surface area (TPSA) is 53.5 Å². The molecule has 170 valence electrons. The van der Waals surface area contributed by atoms with E-state index >= 15 is 0 Å². The van der Waals surface area contributed by atoms with Crippen LogP contribution in [0.3, 0.4) is 0 Å². The molecular formula is C27H35N3O2. The third kappa shape index (κ3) is 5.03. The molecule has 1 saturated carbocycles. The Morgan fingerprint density at radius 2 is 1.81 bits per heavy atom. The molecule has 2 heterocycles. The van der Waals surface area contributed by atoms with E-state index in [1.54, 1.807) is 17.3 Å². The van der Waals surface area contributed by atoms with Gasteiger partial charge < -0.3 is 9.80 Å². The van der Waals surface area contributed by atoms with Crippen LogP contribution in [-0.4, -0.2) is 53.8 Å². The molecule has 2 aromatic rings. The van der Waals surface area contributed by atoms with Crippen LogP contribution >= 0.6 is 0 Å². The van der Waals surface area contributed by atoms with Crippen molar-refractivity contribution in [2.75, 3.05) is 27.2 Å². The van der Waals surface area contributed by atoms with Crippen molar-refractivity contribution in [2.24, 2.45) is 11.3 Å². The van der Waals surface area contributed by atoms with Gasteiger partial charge in [-0.25, -0.2) is 0 Å². The molecule has 0 bridgehead atoms. The number of carbonyl (C=O) groups is 2. The van der Waals surface area contributed by atoms with Crippen molar-refractivity contribution in [3.63, 3.8) is 0 Å². The average molecular weight is 434 g/mol. The number of nitrogens with zero attached hydrogens (tertiary/aromatic N) is 3. The van der Waals surface area contributed by atoms with Gasteiger partial charge in [0.15, 0.2) is 0 Å². The zero-order valence-electron chi connectivity index (χ0n) is 19.4. The molecule has 4 rings (SSSR count). The first-order valence-corrected chi connectivity index (χ1v) is 12.0. The molecule has 5 heteroatoms. The summed E-state index contributed by atoms with van der Waals surface area (Å²) in [7, 11) is 3.65. The molecule has 2 aliphatic rings. The highest BCUT2D eigenvalue weighted by Crippen LogP contribution is 2.38. The number of aromatic nitrogens is 1. The second-order valence-electron chi connectivity index (χ2n) is 9.87. The second kappa shape index (κ2) is 9.85. The first-order valence-electron chi connectivity index (χ1n) is 12.0. The highest BCUT2D eigenvalue weighted by Gasteiger charge is 2.46. The number of hydrogen-bond donors (Lipinski definition) is 0. The van der Waals surface area contributed by atoms with Gasteiger partial charge in [-0.1, -0.05) is 43.5 Å². The summed E-state index contributed by atoms with van der Waals surface area (Å²) in [4.78, 5) is 34.2. The molecule has 1 aromatic carbocycles. The van der Waals surface area contributed by atoms with Gasteiger partial charge in [0.05, 0.1) is 5.41 Å². The maximum atomic E-state index is 13.4. The van der Waals surface area contributed by atoms with E-state index in [1.807, 2.05) is 31.1 Å². The largest absolute Gasteiger partial charge is 0.348 e. The summed E-state index contributed by atoms with van der Waals surface area (Å²) in [6.45, 7) is 1.20. The fourth-order valence-corrected chi connectivity index (χ4v) is 5.52. The Balaban J connectivity index is 1.52. The molecule has 0 spiro atoms. The Morgan fingerprint density at radius 1 is 1.06 bits per heavy atom. The number of benzene rings is 1. The highest BCUT2D eigenvalue weighted by atomic mass is 16.2. The van der Waals surface area contributed by atoms with Crippen LogP contribution in [0.4, 0.5) is 0 Å². The van der Waals surface area contributed by atoms with Gasteiger partial charge in [0.2, 0.25) is 11.8 Å². The molecule has 1 unspecified atom stereocenters. The highest BCUT2D eigenvalue weighted by molar-refractivity contribution is 5.85. The lowest BCUT2D eigenvalue weighted by molar-refractivity contribution is -0.139. The summed E-state index contributed by atoms with van der Waals surface area (Å²) >= 11 is 0. The summed E-state index contributed by atoms with van der Waals surface area (Å²) in [6, 6.07) is 12.4. The second-order valence-corrected chi connectivity index (χ2v) is 9.87. The van der Waals surface area contributed by atoms with Crippen LogP contribution in [0.2, 0.25) is 0 Å². The smallest absolute Gasteiger partial charge is 0.230 e. The molecule has 1 aromatic heterocycles. The molecule has 2 fully saturated rings. The first-order chi connectivity index (χ1) is 15.5. The average Bonchev–Trinajstić information content (AvgIpc) is 3.25. The minimum atomic E-state index is -0.553. The summed E-state index contributed by atoms with van der Waals surface area (Å²) < 4.78 is 0. The van der Waals surface area contributed by atoms with Gasteiger partial charge >= 0.3 is 0 Å². The zero-order chi connectivity index (χ0) is 22.6. The Kier molecular flexibility index (Phi) is 6.92. The van der Waals surface area contributed by atoms with Gasteiger partial charge in [-0.05, 0) is 60.4 Å². The zero-order valence-corrected chi connectivity index (χ0v) is 19.4. The van der Waals surface area contributed by atoms with Crippen LogP contribution in [-0.2, 0) is 16.0 Å². The van der Waals surface area contributed by atoms with E-state index in [9.17, 15) is 9.59 Å². The van der Waals surface area contributed by atoms with Gasteiger partial charge in [0.1, 0.15) is 0 Å². The van der Waals surface area contributed by atoms with E-state index in [-0.39, 0.29) is 11.8 Å². The van der Waals surface area contributed by atoms with Gasteiger partial charge in [-0.3, -0.25) is 14.6 Å². The molecule has 32 heavy (non-hydrogen) atoms. The van der Waals surface area contributed by atoms with E-state index in [0.717, 1.165) is 23.1 Å². The Bertz CT molecular complexity index is 937. The van der Waals surface area contributed by atoms with Crippen molar-refractivity contribution in [3.05, 3.63) is 54.4 Å². The molecule has 1 atom stereocenters. The van der Waals surface area contributed by atoms with Crippen molar-refractivity contribution < 1.29 is 9.59 Å². The summed E-state index contributed by atoms with van der Waals surface area (Å²) in [6.07, 6.45) is 11.7. The third-order valence-corrected chi connectivity index (χ3v) is 7.24. The van der Waals surface area contributed by atoms with Crippen molar-refractivity contribution in [1.29, 1.82) is 0 Å². The lowest BCUT2D eigenvalue weighted by Gasteiger charge is -2.31. The van der Waals surface area contributed by atoms with Gasteiger partial charge in [0, 0.05) is 46.0 Å². The molecule has 0 radical (unpaired) electrons. The molecule has 1 aliphatic carbocycles. The molecule has 0 N–H and O–H groups in total. The monoisotopic (exact) mass is 433 g/mol. The number of hydrogen-bond acceptors (Lipinski definition) is 3. The van der Waals surface area contributed by atoms with E-state index in [1.165, 1.54) is 32.1 Å². The minimum Gasteiger partial charge on any atom is -0.348 e. The van der Waals surface area contributed by atoms with Crippen LogP contribution in [0.5, 0.6) is 0 Å². The first kappa shape index (κ1) is 22.5. The maximum Gasteiger partial charge on any atom is 0.230 e. The fraction of sp³-hybridized carbons (Fsp3) is 0.519. The van der Waals surface area contributed by atoms with Crippen LogP contribution in [0.15, 0.2) is 48.8 Å². The van der Waals surface area contributed by atoms with Crippen molar-refractivity contribution in [2.45, 2.75) is 51.4 Å². The SMILES string of the molecule is CN(C)C(=O)C1(Cc2cccc(-c3ccncc3)c2)CCN(C(=O)CC2CCCCC2)C1. The van der Waals surface area contributed by atoms with Gasteiger partial charge in [0.25, 0.3) is 0 Å². The molecule has 1 saturated heterocycles. The lowest BCUT2D eigenvalue weighted by Crippen LogP contribution is -2.44. The van der Waals surface area contributed by atoms with Crippen LogP contribution in [0.25, 0.3) is 11.1 Å². The summed E-state index contributed by atoms with van der Waals surface area (Å²) in [5.74, 6) is 0.878. The fourth-order valence-electron chi connectivity index (χ4n) is 5.52. The molecule has 1 aliphatic heterocycles. The number of amides is 2. The Hall–Kier alpha value is -2.69. The number of pyridine rings is 1. The van der Waals surface area contributed by atoms with E-state index in [2.05, 4.69) is 29.2 Å². The third-order valence-electron chi connectivity index (χ3n) is 7.24. The quantitative estimate of drug-likeness (QED) is 0.671. The van der Waals surface area contributed by atoms with E-state index < -0.39 is 5.41 Å². The van der Waals surface area contributed by atoms with E-state index in [0.29, 0.717) is 31.8 Å². The normalized spacial score (nSPS) is 21.5. The summed E-state index contributed by atoms with van der Waals surface area (Å²) in [5, 5.41) is 0. The van der Waals surface area contributed by atoms with Crippen LogP contribution in [0, 0.1) is 11.3 Å². The Labute approximate surface area is 191 Å². The predicted octanol–water partition coefficient (Wildman–Crippen LogP) is 4.57. The van der Waals surface area contributed by atoms with Crippen LogP contribution < -0.4 is 0 Å². The molecular weight excluding hydrogens is 398 g/mol. The van der Waals surface area contributed by atoms with Crippen molar-refractivity contribution in [1.82, 2.24) is 14.8 Å². The summed E-state index contributed by atoms with van der Waals surface area (Å²) in [5.41, 5.74) is 2.82. The van der Waals surface area contributed by atoms with Crippen LogP contribution in [0.1, 0.15) is 50.5 Å². The lowest BCUT2D eigenvalue weighted by atomic mass is 9.79. The van der Waals surface area contributed by atoms with Crippen molar-refractivity contribution in [3.8, 4) is 11.1 Å². The standard InChI is InChI=1S/C27H35N3O2/c1-29(2)26(32)27(13-16-30(20-27)25(31)18-21-7-4-3-5-8-21)19-22-9-6-10-24(17-22)23-11-14-28-15-12-23/h6,9-12,14-15,17,21H,3-5,7-8,13,16,18-20H2,1-2H3. The predicted molar refractivity (Wildman–Crippen MR) is 127 cm³/mol. The van der Waals surface area contributed by atoms with Gasteiger partial charge in [-0.15, -0.1) is 0 Å². The van der Waals surface area contributed by atoms with E-state index in [4.69, 9.17) is 0 Å².